The largest absolute Gasteiger partial charge is 0.358 e. The highest BCUT2D eigenvalue weighted by Gasteiger charge is 2.20. The number of nitrogens with zero attached hydrogens (tertiary/aromatic N) is 2. The van der Waals surface area contributed by atoms with E-state index < -0.39 is 0 Å². The Balaban J connectivity index is 1.75. The van der Waals surface area contributed by atoms with Crippen molar-refractivity contribution in [2.24, 2.45) is 9.98 Å². The molecule has 196 valence electrons. The number of unbranched alkanes of at least 4 members (excludes halogenated alkanes) is 2. The first-order valence-corrected chi connectivity index (χ1v) is 14.0. The first-order valence-electron chi connectivity index (χ1n) is 14.0. The van der Waals surface area contributed by atoms with Gasteiger partial charge in [-0.1, -0.05) is 26.7 Å². The molecule has 2 aromatic rings. The van der Waals surface area contributed by atoms with Gasteiger partial charge in [0.25, 0.3) is 0 Å². The van der Waals surface area contributed by atoms with Crippen LogP contribution in [0, 0.1) is 13.8 Å². The maximum Gasteiger partial charge on any atom is 0.0682 e. The quantitative estimate of drug-likeness (QED) is 0.330. The van der Waals surface area contributed by atoms with Crippen molar-refractivity contribution < 1.29 is 0 Å². The third kappa shape index (κ3) is 5.58. The molecular weight excluding hydrogens is 452 g/mol. The number of hydrogen-bond acceptors (Lipinski definition) is 2. The molecule has 0 atom stereocenters. The summed E-state index contributed by atoms with van der Waals surface area (Å²) in [4.78, 5) is 17.0. The van der Waals surface area contributed by atoms with E-state index >= 15 is 0 Å². The van der Waals surface area contributed by atoms with Gasteiger partial charge >= 0.3 is 0 Å². The van der Waals surface area contributed by atoms with E-state index in [2.05, 4.69) is 87.5 Å². The van der Waals surface area contributed by atoms with Gasteiger partial charge in [0.05, 0.1) is 11.4 Å². The summed E-state index contributed by atoms with van der Waals surface area (Å²) < 4.78 is 0. The summed E-state index contributed by atoms with van der Waals surface area (Å²) in [6.45, 7) is 17.7. The van der Waals surface area contributed by atoms with Crippen molar-refractivity contribution in [2.45, 2.75) is 100 Å². The topological polar surface area (TPSA) is 56.3 Å². The number of allylic oxidation sites excluding steroid dienone is 4. The fourth-order valence-electron chi connectivity index (χ4n) is 5.28. The molecule has 4 rings (SSSR count). The SMILES string of the molecule is CCCCc1c(Cc2[nH]c(C=C3N=CC(C)=C3C)c(C)c2CCCC)[nH]c(C=C2N=CC(C)=C2C)c1C. The van der Waals surface area contributed by atoms with Crippen molar-refractivity contribution in [3.05, 3.63) is 78.7 Å². The predicted molar refractivity (Wildman–Crippen MR) is 161 cm³/mol. The second kappa shape index (κ2) is 11.5. The fourth-order valence-corrected chi connectivity index (χ4v) is 5.28. The normalized spacial score (nSPS) is 17.6. The van der Waals surface area contributed by atoms with Crippen molar-refractivity contribution in [3.63, 3.8) is 0 Å². The molecule has 0 aliphatic carbocycles. The van der Waals surface area contributed by atoms with Gasteiger partial charge in [-0.15, -0.1) is 0 Å². The Morgan fingerprint density at radius 2 is 1.05 bits per heavy atom. The first kappa shape index (κ1) is 26.9. The maximum atomic E-state index is 4.66. The Bertz CT molecular complexity index is 1260. The predicted octanol–water partition coefficient (Wildman–Crippen LogP) is 8.76. The van der Waals surface area contributed by atoms with Gasteiger partial charge in [-0.05, 0) is 124 Å². The van der Waals surface area contributed by atoms with Gasteiger partial charge in [-0.2, -0.15) is 0 Å². The molecule has 4 heterocycles. The van der Waals surface area contributed by atoms with Crippen molar-refractivity contribution >= 4 is 24.6 Å². The van der Waals surface area contributed by atoms with Crippen molar-refractivity contribution in [2.75, 3.05) is 0 Å². The monoisotopic (exact) mass is 496 g/mol. The number of H-pyrrole nitrogens is 2. The minimum Gasteiger partial charge on any atom is -0.358 e. The molecule has 0 saturated heterocycles. The van der Waals surface area contributed by atoms with Gasteiger partial charge in [-0.25, -0.2) is 0 Å². The number of aromatic amines is 2. The number of nitrogens with one attached hydrogen (secondary N) is 2. The van der Waals surface area contributed by atoms with Crippen LogP contribution < -0.4 is 0 Å². The summed E-state index contributed by atoms with van der Waals surface area (Å²) in [6, 6.07) is 0. The molecule has 0 bridgehead atoms. The molecule has 0 saturated carbocycles. The van der Waals surface area contributed by atoms with Crippen LogP contribution in [0.1, 0.15) is 112 Å². The highest BCUT2D eigenvalue weighted by molar-refractivity contribution is 5.88. The van der Waals surface area contributed by atoms with Gasteiger partial charge in [0, 0.05) is 41.6 Å². The summed E-state index contributed by atoms with van der Waals surface area (Å²) in [7, 11) is 0. The Morgan fingerprint density at radius 3 is 1.38 bits per heavy atom. The average Bonchev–Trinajstić information content (AvgIpc) is 3.56. The third-order valence-corrected chi connectivity index (χ3v) is 8.24. The average molecular weight is 497 g/mol. The molecule has 4 heteroatoms. The van der Waals surface area contributed by atoms with E-state index in [-0.39, 0.29) is 0 Å². The van der Waals surface area contributed by atoms with Crippen molar-refractivity contribution in [1.29, 1.82) is 0 Å². The third-order valence-electron chi connectivity index (χ3n) is 8.24. The van der Waals surface area contributed by atoms with Crippen LogP contribution >= 0.6 is 0 Å². The van der Waals surface area contributed by atoms with E-state index in [0.717, 1.165) is 30.7 Å². The van der Waals surface area contributed by atoms with Crippen LogP contribution in [0.2, 0.25) is 0 Å². The van der Waals surface area contributed by atoms with Gasteiger partial charge in [0.2, 0.25) is 0 Å². The molecule has 0 aromatic carbocycles. The van der Waals surface area contributed by atoms with Crippen LogP contribution in [0.4, 0.5) is 0 Å². The fraction of sp³-hybridized carbons (Fsp3) is 0.455. The molecule has 37 heavy (non-hydrogen) atoms. The van der Waals surface area contributed by atoms with Crippen molar-refractivity contribution in [3.8, 4) is 0 Å². The summed E-state index contributed by atoms with van der Waals surface area (Å²) in [6.07, 6.45) is 16.3. The minimum atomic E-state index is 0.889. The standard InChI is InChI=1S/C33H44N4/c1-9-11-13-26-24(7)30(15-28-22(5)20(3)18-34-28)36-32(26)17-33-27(14-12-10-2)25(8)31(37-33)16-29-23(6)21(4)19-35-29/h15-16,18-19,36-37H,9-14,17H2,1-8H3. The molecule has 0 amide bonds. The molecule has 0 fully saturated rings. The molecule has 0 radical (unpaired) electrons. The molecular formula is C33H44N4. The lowest BCUT2D eigenvalue weighted by Gasteiger charge is -2.08. The maximum absolute atomic E-state index is 4.66. The zero-order valence-corrected chi connectivity index (χ0v) is 24.2. The molecule has 2 aliphatic heterocycles. The Hall–Kier alpha value is -3.14. The van der Waals surface area contributed by atoms with Crippen LogP contribution in [0.3, 0.4) is 0 Å². The number of aliphatic imine (C=N–C) groups is 2. The number of aromatic nitrogens is 2. The lowest BCUT2D eigenvalue weighted by atomic mass is 9.97. The molecule has 0 unspecified atom stereocenters. The molecule has 2 N–H and O–H groups in total. The first-order chi connectivity index (χ1) is 17.7. The molecule has 0 spiro atoms. The number of hydrogen-bond donors (Lipinski definition) is 2. The van der Waals surface area contributed by atoms with Gasteiger partial charge in [0.15, 0.2) is 0 Å². The van der Waals surface area contributed by atoms with E-state index in [1.807, 2.05) is 12.4 Å². The Kier molecular flexibility index (Phi) is 8.36. The Labute approximate surface area is 223 Å². The summed E-state index contributed by atoms with van der Waals surface area (Å²) in [5.41, 5.74) is 17.9. The van der Waals surface area contributed by atoms with E-state index in [1.165, 1.54) is 93.0 Å². The summed E-state index contributed by atoms with van der Waals surface area (Å²) in [5.74, 6) is 0. The second-order valence-corrected chi connectivity index (χ2v) is 10.8. The van der Waals surface area contributed by atoms with Crippen LogP contribution in [0.5, 0.6) is 0 Å². The highest BCUT2D eigenvalue weighted by atomic mass is 14.8. The highest BCUT2D eigenvalue weighted by Crippen LogP contribution is 2.32. The van der Waals surface area contributed by atoms with Crippen LogP contribution in [-0.2, 0) is 19.3 Å². The molecule has 2 aromatic heterocycles. The zero-order valence-electron chi connectivity index (χ0n) is 24.2. The smallest absolute Gasteiger partial charge is 0.0682 e. The van der Waals surface area contributed by atoms with E-state index in [4.69, 9.17) is 0 Å². The van der Waals surface area contributed by atoms with Gasteiger partial charge in [-0.3, -0.25) is 9.98 Å². The minimum absolute atomic E-state index is 0.889. The van der Waals surface area contributed by atoms with Gasteiger partial charge < -0.3 is 9.97 Å². The van der Waals surface area contributed by atoms with Crippen LogP contribution in [0.15, 0.2) is 43.7 Å². The lowest BCUT2D eigenvalue weighted by Crippen LogP contribution is -1.99. The van der Waals surface area contributed by atoms with E-state index in [1.54, 1.807) is 0 Å². The van der Waals surface area contributed by atoms with Crippen LogP contribution in [-0.4, -0.2) is 22.4 Å². The summed E-state index contributed by atoms with van der Waals surface area (Å²) >= 11 is 0. The molecule has 4 nitrogen and oxygen atoms in total. The zero-order chi connectivity index (χ0) is 26.7. The Morgan fingerprint density at radius 1 is 0.649 bits per heavy atom. The van der Waals surface area contributed by atoms with E-state index in [9.17, 15) is 0 Å². The van der Waals surface area contributed by atoms with E-state index in [0.29, 0.717) is 0 Å². The second-order valence-electron chi connectivity index (χ2n) is 10.8. The van der Waals surface area contributed by atoms with Gasteiger partial charge in [0.1, 0.15) is 0 Å². The van der Waals surface area contributed by atoms with Crippen LogP contribution in [0.25, 0.3) is 12.2 Å². The molecule has 2 aliphatic rings. The summed E-state index contributed by atoms with van der Waals surface area (Å²) in [5, 5.41) is 0. The number of rotatable bonds is 10. The van der Waals surface area contributed by atoms with Crippen molar-refractivity contribution in [1.82, 2.24) is 9.97 Å². The lowest BCUT2D eigenvalue weighted by molar-refractivity contribution is 0.775.